The van der Waals surface area contributed by atoms with Crippen LogP contribution in [0.1, 0.15) is 33.1 Å². The van der Waals surface area contributed by atoms with Crippen LogP contribution in [0, 0.1) is 17.3 Å². The Balaban J connectivity index is 1.87. The van der Waals surface area contributed by atoms with Crippen LogP contribution in [0.4, 0.5) is 0 Å². The third kappa shape index (κ3) is 2.83. The summed E-state index contributed by atoms with van der Waals surface area (Å²) in [5.41, 5.74) is 0.440. The molecule has 0 spiro atoms. The lowest BCUT2D eigenvalue weighted by molar-refractivity contribution is 0.192. The van der Waals surface area contributed by atoms with E-state index in [1.165, 1.54) is 32.4 Å². The molecule has 0 aromatic rings. The maximum atomic E-state index is 9.19. The summed E-state index contributed by atoms with van der Waals surface area (Å²) in [7, 11) is 2.10. The number of hydrogen-bond acceptors (Lipinski definition) is 3. The van der Waals surface area contributed by atoms with Crippen molar-refractivity contribution in [3.05, 3.63) is 0 Å². The first kappa shape index (κ1) is 13.3. The van der Waals surface area contributed by atoms with Crippen molar-refractivity contribution in [3.63, 3.8) is 0 Å². The molecule has 0 aromatic heterocycles. The van der Waals surface area contributed by atoms with Crippen LogP contribution in [0.15, 0.2) is 0 Å². The lowest BCUT2D eigenvalue weighted by Gasteiger charge is -2.32. The van der Waals surface area contributed by atoms with Gasteiger partial charge in [-0.25, -0.2) is 0 Å². The summed E-state index contributed by atoms with van der Waals surface area (Å²) in [6.07, 6.45) is 3.86. The largest absolute Gasteiger partial charge is 0.396 e. The van der Waals surface area contributed by atoms with Gasteiger partial charge in [-0.2, -0.15) is 0 Å². The molecule has 3 heteroatoms. The predicted molar refractivity (Wildman–Crippen MR) is 71.0 cm³/mol. The van der Waals surface area contributed by atoms with Crippen molar-refractivity contribution in [2.24, 2.45) is 17.3 Å². The molecule has 0 aromatic carbocycles. The molecule has 1 saturated heterocycles. The normalized spacial score (nSPS) is 37.8. The molecular weight excluding hydrogens is 212 g/mol. The highest BCUT2D eigenvalue weighted by atomic mass is 16.3. The molecule has 0 radical (unpaired) electrons. The van der Waals surface area contributed by atoms with E-state index in [1.54, 1.807) is 0 Å². The van der Waals surface area contributed by atoms with E-state index < -0.39 is 0 Å². The minimum atomic E-state index is 0.363. The molecule has 17 heavy (non-hydrogen) atoms. The topological polar surface area (TPSA) is 35.5 Å². The second-order valence-corrected chi connectivity index (χ2v) is 6.65. The second kappa shape index (κ2) is 5.25. The molecule has 2 rings (SSSR count). The van der Waals surface area contributed by atoms with Crippen LogP contribution < -0.4 is 5.32 Å². The Bertz CT molecular complexity index is 255. The Morgan fingerprint density at radius 2 is 2.12 bits per heavy atom. The Kier molecular flexibility index (Phi) is 4.11. The first-order valence-corrected chi connectivity index (χ1v) is 7.07. The SMILES string of the molecule is CNC1C(CN2CCC(CO)C2)CCC1(C)C. The van der Waals surface area contributed by atoms with Gasteiger partial charge in [-0.1, -0.05) is 13.8 Å². The molecule has 3 unspecified atom stereocenters. The predicted octanol–water partition coefficient (Wildman–Crippen LogP) is 1.32. The average molecular weight is 240 g/mol. The zero-order valence-corrected chi connectivity index (χ0v) is 11.6. The molecule has 2 fully saturated rings. The van der Waals surface area contributed by atoms with Crippen LogP contribution in [-0.4, -0.2) is 49.3 Å². The van der Waals surface area contributed by atoms with Gasteiger partial charge in [0.15, 0.2) is 0 Å². The van der Waals surface area contributed by atoms with Crippen molar-refractivity contribution in [3.8, 4) is 0 Å². The number of aliphatic hydroxyl groups is 1. The standard InChI is InChI=1S/C14H28N2O/c1-14(2)6-4-12(13(14)15-3)9-16-7-5-11(8-16)10-17/h11-13,15,17H,4-10H2,1-3H3. The maximum absolute atomic E-state index is 9.19. The van der Waals surface area contributed by atoms with Crippen molar-refractivity contribution in [1.29, 1.82) is 0 Å². The molecule has 1 aliphatic heterocycles. The highest BCUT2D eigenvalue weighted by Gasteiger charge is 2.41. The summed E-state index contributed by atoms with van der Waals surface area (Å²) in [6.45, 7) is 8.62. The van der Waals surface area contributed by atoms with Crippen molar-refractivity contribution in [1.82, 2.24) is 10.2 Å². The number of nitrogens with one attached hydrogen (secondary N) is 1. The van der Waals surface area contributed by atoms with Gasteiger partial charge in [-0.05, 0) is 50.1 Å². The maximum Gasteiger partial charge on any atom is 0.0471 e. The number of rotatable bonds is 4. The van der Waals surface area contributed by atoms with Crippen LogP contribution in [0.25, 0.3) is 0 Å². The zero-order chi connectivity index (χ0) is 12.5. The Morgan fingerprint density at radius 3 is 2.71 bits per heavy atom. The molecule has 100 valence electrons. The second-order valence-electron chi connectivity index (χ2n) is 6.65. The smallest absolute Gasteiger partial charge is 0.0471 e. The quantitative estimate of drug-likeness (QED) is 0.778. The van der Waals surface area contributed by atoms with E-state index in [0.717, 1.165) is 12.5 Å². The fraction of sp³-hybridized carbons (Fsp3) is 1.00. The van der Waals surface area contributed by atoms with Crippen LogP contribution in [0.2, 0.25) is 0 Å². The highest BCUT2D eigenvalue weighted by molar-refractivity contribution is 4.97. The van der Waals surface area contributed by atoms with E-state index in [9.17, 15) is 5.11 Å². The fourth-order valence-corrected chi connectivity index (χ4v) is 3.90. The summed E-state index contributed by atoms with van der Waals surface area (Å²) >= 11 is 0. The molecule has 3 nitrogen and oxygen atoms in total. The molecule has 2 aliphatic rings. The number of aliphatic hydroxyl groups excluding tert-OH is 1. The molecular formula is C14H28N2O. The van der Waals surface area contributed by atoms with Gasteiger partial charge in [-0.3, -0.25) is 0 Å². The fourth-order valence-electron chi connectivity index (χ4n) is 3.90. The van der Waals surface area contributed by atoms with E-state index >= 15 is 0 Å². The van der Waals surface area contributed by atoms with Crippen LogP contribution in [0.5, 0.6) is 0 Å². The summed E-state index contributed by atoms with van der Waals surface area (Å²) in [5, 5.41) is 12.7. The van der Waals surface area contributed by atoms with E-state index in [4.69, 9.17) is 0 Å². The van der Waals surface area contributed by atoms with E-state index in [-0.39, 0.29) is 0 Å². The molecule has 0 amide bonds. The van der Waals surface area contributed by atoms with Gasteiger partial charge in [-0.15, -0.1) is 0 Å². The van der Waals surface area contributed by atoms with Gasteiger partial charge in [0, 0.05) is 25.7 Å². The summed E-state index contributed by atoms with van der Waals surface area (Å²) < 4.78 is 0. The number of likely N-dealkylation sites (tertiary alicyclic amines) is 1. The highest BCUT2D eigenvalue weighted by Crippen LogP contribution is 2.41. The third-order valence-electron chi connectivity index (χ3n) is 4.90. The van der Waals surface area contributed by atoms with E-state index in [2.05, 4.69) is 31.1 Å². The third-order valence-corrected chi connectivity index (χ3v) is 4.90. The Hall–Kier alpha value is -0.120. The van der Waals surface area contributed by atoms with Crippen molar-refractivity contribution >= 4 is 0 Å². The van der Waals surface area contributed by atoms with E-state index in [1.807, 2.05) is 0 Å². The van der Waals surface area contributed by atoms with Crippen molar-refractivity contribution in [2.45, 2.75) is 39.2 Å². The lowest BCUT2D eigenvalue weighted by atomic mass is 9.85. The van der Waals surface area contributed by atoms with Crippen LogP contribution >= 0.6 is 0 Å². The molecule has 3 atom stereocenters. The van der Waals surface area contributed by atoms with E-state index in [0.29, 0.717) is 24.0 Å². The van der Waals surface area contributed by atoms with Gasteiger partial charge in [0.25, 0.3) is 0 Å². The molecule has 0 bridgehead atoms. The average Bonchev–Trinajstić information content (AvgIpc) is 2.84. The number of nitrogens with zero attached hydrogens (tertiary/aromatic N) is 1. The lowest BCUT2D eigenvalue weighted by Crippen LogP contribution is -2.43. The van der Waals surface area contributed by atoms with Crippen LogP contribution in [-0.2, 0) is 0 Å². The van der Waals surface area contributed by atoms with Gasteiger partial charge in [0.2, 0.25) is 0 Å². The first-order chi connectivity index (χ1) is 8.06. The van der Waals surface area contributed by atoms with Crippen LogP contribution in [0.3, 0.4) is 0 Å². The Labute approximate surface area is 106 Å². The number of hydrogen-bond donors (Lipinski definition) is 2. The monoisotopic (exact) mass is 240 g/mol. The van der Waals surface area contributed by atoms with Crippen molar-refractivity contribution < 1.29 is 5.11 Å². The molecule has 2 N–H and O–H groups in total. The van der Waals surface area contributed by atoms with Gasteiger partial charge in [0.05, 0.1) is 0 Å². The summed E-state index contributed by atoms with van der Waals surface area (Å²) in [4.78, 5) is 2.55. The minimum absolute atomic E-state index is 0.363. The summed E-state index contributed by atoms with van der Waals surface area (Å²) in [6, 6.07) is 0.649. The van der Waals surface area contributed by atoms with Gasteiger partial charge >= 0.3 is 0 Å². The zero-order valence-electron chi connectivity index (χ0n) is 11.6. The van der Waals surface area contributed by atoms with Gasteiger partial charge < -0.3 is 15.3 Å². The first-order valence-electron chi connectivity index (χ1n) is 7.07. The molecule has 1 aliphatic carbocycles. The van der Waals surface area contributed by atoms with Crippen molar-refractivity contribution in [2.75, 3.05) is 33.3 Å². The summed E-state index contributed by atoms with van der Waals surface area (Å²) in [5.74, 6) is 1.31. The molecule has 1 heterocycles. The molecule has 1 saturated carbocycles. The minimum Gasteiger partial charge on any atom is -0.396 e. The Morgan fingerprint density at radius 1 is 1.35 bits per heavy atom. The van der Waals surface area contributed by atoms with Gasteiger partial charge in [0.1, 0.15) is 0 Å².